The van der Waals surface area contributed by atoms with Gasteiger partial charge < -0.3 is 9.47 Å². The van der Waals surface area contributed by atoms with Gasteiger partial charge in [0, 0.05) is 12.0 Å². The first-order valence-corrected chi connectivity index (χ1v) is 4.96. The average Bonchev–Trinajstić information content (AvgIpc) is 2.39. The van der Waals surface area contributed by atoms with Gasteiger partial charge in [0.15, 0.2) is 0 Å². The molecule has 0 amide bonds. The van der Waals surface area contributed by atoms with E-state index in [1.165, 1.54) is 0 Å². The molecule has 1 aliphatic rings. The maximum atomic E-state index is 11.3. The first-order chi connectivity index (χ1) is 6.86. The molecule has 84 valence electrons. The smallest absolute Gasteiger partial charge is 0.336 e. The summed E-state index contributed by atoms with van der Waals surface area (Å²) in [6.45, 7) is 8.89. The highest BCUT2D eigenvalue weighted by Crippen LogP contribution is 2.33. The molecule has 1 saturated heterocycles. The number of hydrogen-bond acceptors (Lipinski definition) is 4. The summed E-state index contributed by atoms with van der Waals surface area (Å²) in [5.74, 6) is -0.824. The van der Waals surface area contributed by atoms with Gasteiger partial charge in [0.25, 0.3) is 0 Å². The minimum atomic E-state index is -0.761. The lowest BCUT2D eigenvalue weighted by Crippen LogP contribution is -2.18. The molecule has 15 heavy (non-hydrogen) atoms. The predicted octanol–water partition coefficient (Wildman–Crippen LogP) is 1.79. The van der Waals surface area contributed by atoms with Gasteiger partial charge in [-0.2, -0.15) is 0 Å². The van der Waals surface area contributed by atoms with Crippen LogP contribution in [0.15, 0.2) is 12.2 Å². The molecule has 4 heteroatoms. The summed E-state index contributed by atoms with van der Waals surface area (Å²) in [4.78, 5) is 22.6. The Kier molecular flexibility index (Phi) is 3.17. The van der Waals surface area contributed by atoms with E-state index in [0.29, 0.717) is 18.4 Å². The molecule has 4 nitrogen and oxygen atoms in total. The van der Waals surface area contributed by atoms with Gasteiger partial charge in [-0.25, -0.2) is 4.79 Å². The summed E-state index contributed by atoms with van der Waals surface area (Å²) >= 11 is 0. The van der Waals surface area contributed by atoms with Crippen LogP contribution in [0.4, 0.5) is 0 Å². The molecule has 0 radical (unpaired) electrons. The third-order valence-corrected chi connectivity index (χ3v) is 2.42. The van der Waals surface area contributed by atoms with Crippen LogP contribution in [-0.2, 0) is 19.1 Å². The lowest BCUT2D eigenvalue weighted by molar-refractivity contribution is -0.174. The van der Waals surface area contributed by atoms with Gasteiger partial charge in [-0.05, 0) is 20.3 Å². The van der Waals surface area contributed by atoms with Crippen LogP contribution in [0, 0.1) is 5.41 Å². The van der Waals surface area contributed by atoms with E-state index in [4.69, 9.17) is 9.47 Å². The van der Waals surface area contributed by atoms with Crippen LogP contribution in [0.25, 0.3) is 0 Å². The van der Waals surface area contributed by atoms with E-state index in [1.807, 2.05) is 6.92 Å². The highest BCUT2D eigenvalue weighted by Gasteiger charge is 2.43. The molecule has 1 rings (SSSR count). The molecule has 0 saturated carbocycles. The van der Waals surface area contributed by atoms with Crippen molar-refractivity contribution in [1.82, 2.24) is 0 Å². The fraction of sp³-hybridized carbons (Fsp3) is 0.636. The molecule has 1 unspecified atom stereocenters. The normalized spacial score (nSPS) is 23.4. The van der Waals surface area contributed by atoms with Crippen molar-refractivity contribution in [3.05, 3.63) is 12.2 Å². The van der Waals surface area contributed by atoms with Gasteiger partial charge >= 0.3 is 11.9 Å². The quantitative estimate of drug-likeness (QED) is 0.528. The van der Waals surface area contributed by atoms with Crippen molar-refractivity contribution in [2.24, 2.45) is 5.41 Å². The standard InChI is InChI=1S/C11H16O4/c1-5-7(2)9(12)14-8-6-11(3,4)10(13)15-8/h8H,2,5-6H2,1,3-4H3. The van der Waals surface area contributed by atoms with Crippen molar-refractivity contribution in [3.63, 3.8) is 0 Å². The van der Waals surface area contributed by atoms with E-state index < -0.39 is 17.7 Å². The second-order valence-electron chi connectivity index (χ2n) is 4.29. The third kappa shape index (κ3) is 2.58. The zero-order chi connectivity index (χ0) is 11.6. The van der Waals surface area contributed by atoms with Crippen LogP contribution < -0.4 is 0 Å². The molecule has 0 aromatic heterocycles. The first-order valence-electron chi connectivity index (χ1n) is 4.96. The molecule has 1 heterocycles. The van der Waals surface area contributed by atoms with Crippen molar-refractivity contribution < 1.29 is 19.1 Å². The Balaban J connectivity index is 2.53. The number of rotatable bonds is 3. The highest BCUT2D eigenvalue weighted by atomic mass is 16.7. The first kappa shape index (κ1) is 11.8. The number of ether oxygens (including phenoxy) is 2. The van der Waals surface area contributed by atoms with Gasteiger partial charge in [0.05, 0.1) is 5.41 Å². The third-order valence-electron chi connectivity index (χ3n) is 2.42. The van der Waals surface area contributed by atoms with Crippen molar-refractivity contribution in [2.45, 2.75) is 39.9 Å². The molecular weight excluding hydrogens is 196 g/mol. The fourth-order valence-electron chi connectivity index (χ4n) is 1.23. The second-order valence-corrected chi connectivity index (χ2v) is 4.29. The van der Waals surface area contributed by atoms with Crippen LogP contribution in [0.3, 0.4) is 0 Å². The molecule has 1 aliphatic heterocycles. The van der Waals surface area contributed by atoms with E-state index >= 15 is 0 Å². The van der Waals surface area contributed by atoms with Crippen LogP contribution in [0.1, 0.15) is 33.6 Å². The number of carbonyl (C=O) groups excluding carboxylic acids is 2. The number of hydrogen-bond donors (Lipinski definition) is 0. The molecule has 0 bridgehead atoms. The number of cyclic esters (lactones) is 1. The number of carbonyl (C=O) groups is 2. The van der Waals surface area contributed by atoms with Gasteiger partial charge in [-0.15, -0.1) is 0 Å². The monoisotopic (exact) mass is 212 g/mol. The van der Waals surface area contributed by atoms with Crippen molar-refractivity contribution in [3.8, 4) is 0 Å². The van der Waals surface area contributed by atoms with Gasteiger partial charge in [-0.1, -0.05) is 13.5 Å². The Labute approximate surface area is 89.2 Å². The second kappa shape index (κ2) is 4.04. The Morgan fingerprint density at radius 1 is 1.67 bits per heavy atom. The van der Waals surface area contributed by atoms with Crippen LogP contribution in [-0.4, -0.2) is 18.2 Å². The SMILES string of the molecule is C=C(CC)C(=O)OC1CC(C)(C)C(=O)O1. The molecule has 0 aliphatic carbocycles. The average molecular weight is 212 g/mol. The number of esters is 2. The maximum absolute atomic E-state index is 11.3. The fourth-order valence-corrected chi connectivity index (χ4v) is 1.23. The molecule has 0 spiro atoms. The van der Waals surface area contributed by atoms with E-state index in [0.717, 1.165) is 0 Å². The lowest BCUT2D eigenvalue weighted by atomic mass is 9.92. The summed E-state index contributed by atoms with van der Waals surface area (Å²) in [6, 6.07) is 0. The Morgan fingerprint density at radius 2 is 2.27 bits per heavy atom. The minimum absolute atomic E-state index is 0.331. The molecule has 0 N–H and O–H groups in total. The predicted molar refractivity (Wildman–Crippen MR) is 53.8 cm³/mol. The largest absolute Gasteiger partial charge is 0.425 e. The molecular formula is C11H16O4. The van der Waals surface area contributed by atoms with Crippen molar-refractivity contribution in [2.75, 3.05) is 0 Å². The Bertz CT molecular complexity index is 304. The van der Waals surface area contributed by atoms with Gasteiger partial charge in [0.2, 0.25) is 6.29 Å². The maximum Gasteiger partial charge on any atom is 0.336 e. The van der Waals surface area contributed by atoms with Gasteiger partial charge in [0.1, 0.15) is 0 Å². The molecule has 0 aromatic rings. The summed E-state index contributed by atoms with van der Waals surface area (Å²) in [5.41, 5.74) is -0.186. The summed E-state index contributed by atoms with van der Waals surface area (Å²) < 4.78 is 9.91. The molecule has 1 fully saturated rings. The minimum Gasteiger partial charge on any atom is -0.425 e. The van der Waals surface area contributed by atoms with E-state index in [1.54, 1.807) is 13.8 Å². The Hall–Kier alpha value is -1.32. The van der Waals surface area contributed by atoms with E-state index in [9.17, 15) is 9.59 Å². The molecule has 0 aromatic carbocycles. The van der Waals surface area contributed by atoms with Crippen molar-refractivity contribution >= 4 is 11.9 Å². The van der Waals surface area contributed by atoms with Gasteiger partial charge in [-0.3, -0.25) is 4.79 Å². The topological polar surface area (TPSA) is 52.6 Å². The zero-order valence-corrected chi connectivity index (χ0v) is 9.33. The zero-order valence-electron chi connectivity index (χ0n) is 9.33. The van der Waals surface area contributed by atoms with Crippen molar-refractivity contribution in [1.29, 1.82) is 0 Å². The van der Waals surface area contributed by atoms with E-state index in [-0.39, 0.29) is 5.97 Å². The van der Waals surface area contributed by atoms with Crippen LogP contribution >= 0.6 is 0 Å². The van der Waals surface area contributed by atoms with Crippen LogP contribution in [0.2, 0.25) is 0 Å². The molecule has 1 atom stereocenters. The highest BCUT2D eigenvalue weighted by molar-refractivity contribution is 5.88. The summed E-state index contributed by atoms with van der Waals surface area (Å²) in [7, 11) is 0. The summed E-state index contributed by atoms with van der Waals surface area (Å²) in [6.07, 6.45) is 0.167. The summed E-state index contributed by atoms with van der Waals surface area (Å²) in [5, 5.41) is 0. The van der Waals surface area contributed by atoms with Crippen LogP contribution in [0.5, 0.6) is 0 Å². The Morgan fingerprint density at radius 3 is 2.67 bits per heavy atom. The lowest BCUT2D eigenvalue weighted by Gasteiger charge is -2.11. The van der Waals surface area contributed by atoms with E-state index in [2.05, 4.69) is 6.58 Å².